The Morgan fingerprint density at radius 3 is 2.21 bits per heavy atom. The van der Waals surface area contributed by atoms with E-state index in [4.69, 9.17) is 23.2 Å². The highest BCUT2D eigenvalue weighted by molar-refractivity contribution is 7.89. The van der Waals surface area contributed by atoms with Gasteiger partial charge in [0.25, 0.3) is 5.91 Å². The summed E-state index contributed by atoms with van der Waals surface area (Å²) < 4.78 is 26.0. The molecule has 9 heteroatoms. The SMILES string of the molecule is CN(C)S(=O)(=O)c1cc(C(=O)N2CCN(Cc3ccc(Cl)cc3)CC2)ccc1Cl. The summed E-state index contributed by atoms with van der Waals surface area (Å²) in [5, 5.41) is 0.811. The first-order valence-electron chi connectivity index (χ1n) is 9.16. The highest BCUT2D eigenvalue weighted by Crippen LogP contribution is 2.25. The Bertz CT molecular complexity index is 987. The first kappa shape index (κ1) is 22.1. The van der Waals surface area contributed by atoms with E-state index in [9.17, 15) is 13.2 Å². The van der Waals surface area contributed by atoms with Crippen molar-refractivity contribution in [1.29, 1.82) is 0 Å². The van der Waals surface area contributed by atoms with Gasteiger partial charge < -0.3 is 4.90 Å². The van der Waals surface area contributed by atoms with Crippen molar-refractivity contribution in [2.45, 2.75) is 11.4 Å². The first-order chi connectivity index (χ1) is 13.7. The fourth-order valence-electron chi connectivity index (χ4n) is 3.17. The maximum absolute atomic E-state index is 12.9. The van der Waals surface area contributed by atoms with Crippen LogP contribution < -0.4 is 0 Å². The van der Waals surface area contributed by atoms with E-state index in [0.29, 0.717) is 23.7 Å². The molecular weight excluding hydrogens is 433 g/mol. The van der Waals surface area contributed by atoms with Crippen molar-refractivity contribution in [1.82, 2.24) is 14.1 Å². The lowest BCUT2D eigenvalue weighted by atomic mass is 10.1. The van der Waals surface area contributed by atoms with Crippen LogP contribution in [0.1, 0.15) is 15.9 Å². The molecule has 0 bridgehead atoms. The number of carbonyl (C=O) groups excluding carboxylic acids is 1. The van der Waals surface area contributed by atoms with Gasteiger partial charge in [-0.15, -0.1) is 0 Å². The second kappa shape index (κ2) is 9.02. The lowest BCUT2D eigenvalue weighted by Crippen LogP contribution is -2.48. The standard InChI is InChI=1S/C20H23Cl2N3O3S/c1-23(2)29(27,28)19-13-16(5-8-18(19)22)20(26)25-11-9-24(10-12-25)14-15-3-6-17(21)7-4-15/h3-8,13H,9-12,14H2,1-2H3. The van der Waals surface area contributed by atoms with Gasteiger partial charge in [0.05, 0.1) is 5.02 Å². The Morgan fingerprint density at radius 1 is 1.00 bits per heavy atom. The Kier molecular flexibility index (Phi) is 6.86. The van der Waals surface area contributed by atoms with E-state index >= 15 is 0 Å². The fraction of sp³-hybridized carbons (Fsp3) is 0.350. The van der Waals surface area contributed by atoms with Gasteiger partial charge in [-0.1, -0.05) is 35.3 Å². The molecule has 0 aromatic heterocycles. The molecule has 0 aliphatic carbocycles. The van der Waals surface area contributed by atoms with Crippen LogP contribution in [0.3, 0.4) is 0 Å². The Balaban J connectivity index is 1.67. The summed E-state index contributed by atoms with van der Waals surface area (Å²) in [5.74, 6) is -0.192. The average Bonchev–Trinajstić information content (AvgIpc) is 2.70. The van der Waals surface area contributed by atoms with E-state index < -0.39 is 10.0 Å². The van der Waals surface area contributed by atoms with Crippen molar-refractivity contribution in [3.8, 4) is 0 Å². The van der Waals surface area contributed by atoms with Crippen molar-refractivity contribution in [2.75, 3.05) is 40.3 Å². The largest absolute Gasteiger partial charge is 0.336 e. The summed E-state index contributed by atoms with van der Waals surface area (Å²) in [6.07, 6.45) is 0. The van der Waals surface area contributed by atoms with Gasteiger partial charge in [-0.2, -0.15) is 0 Å². The molecule has 0 unspecified atom stereocenters. The number of sulfonamides is 1. The molecule has 1 heterocycles. The minimum Gasteiger partial charge on any atom is -0.336 e. The number of amides is 1. The van der Waals surface area contributed by atoms with E-state index in [1.807, 2.05) is 24.3 Å². The first-order valence-corrected chi connectivity index (χ1v) is 11.4. The molecule has 1 saturated heterocycles. The molecular formula is C20H23Cl2N3O3S. The van der Waals surface area contributed by atoms with Gasteiger partial charge in [0, 0.05) is 57.4 Å². The number of halogens is 2. The third-order valence-electron chi connectivity index (χ3n) is 4.92. The normalized spacial score (nSPS) is 15.7. The minimum atomic E-state index is -3.73. The van der Waals surface area contributed by atoms with E-state index in [1.165, 1.54) is 31.8 Å². The lowest BCUT2D eigenvalue weighted by molar-refractivity contribution is 0.0628. The van der Waals surface area contributed by atoms with Crippen LogP contribution >= 0.6 is 23.2 Å². The van der Waals surface area contributed by atoms with E-state index in [-0.39, 0.29) is 15.8 Å². The monoisotopic (exact) mass is 455 g/mol. The second-order valence-electron chi connectivity index (χ2n) is 7.13. The Morgan fingerprint density at radius 2 is 1.62 bits per heavy atom. The van der Waals surface area contributed by atoms with Crippen molar-refractivity contribution in [3.63, 3.8) is 0 Å². The van der Waals surface area contributed by atoms with Crippen molar-refractivity contribution in [2.24, 2.45) is 0 Å². The fourth-order valence-corrected chi connectivity index (χ4v) is 4.69. The van der Waals surface area contributed by atoms with Crippen LogP contribution in [0, 0.1) is 0 Å². The molecule has 0 atom stereocenters. The summed E-state index contributed by atoms with van der Waals surface area (Å²) in [7, 11) is -0.867. The zero-order valence-corrected chi connectivity index (χ0v) is 18.6. The molecule has 3 rings (SSSR count). The summed E-state index contributed by atoms with van der Waals surface area (Å²) in [6, 6.07) is 12.1. The van der Waals surface area contributed by atoms with E-state index in [0.717, 1.165) is 23.9 Å². The number of benzene rings is 2. The number of rotatable bonds is 5. The van der Waals surface area contributed by atoms with Gasteiger partial charge in [-0.05, 0) is 35.9 Å². The van der Waals surface area contributed by atoms with Crippen LogP contribution in [0.15, 0.2) is 47.4 Å². The number of hydrogen-bond acceptors (Lipinski definition) is 4. The van der Waals surface area contributed by atoms with Crippen LogP contribution in [-0.4, -0.2) is 68.7 Å². The molecule has 2 aromatic carbocycles. The van der Waals surface area contributed by atoms with Crippen LogP contribution in [-0.2, 0) is 16.6 Å². The van der Waals surface area contributed by atoms with Crippen LogP contribution in [0.25, 0.3) is 0 Å². The zero-order valence-electron chi connectivity index (χ0n) is 16.3. The molecule has 0 saturated carbocycles. The number of hydrogen-bond donors (Lipinski definition) is 0. The molecule has 0 radical (unpaired) electrons. The van der Waals surface area contributed by atoms with E-state index in [1.54, 1.807) is 11.0 Å². The topological polar surface area (TPSA) is 60.9 Å². The van der Waals surface area contributed by atoms with Crippen molar-refractivity contribution < 1.29 is 13.2 Å². The van der Waals surface area contributed by atoms with Crippen molar-refractivity contribution in [3.05, 3.63) is 63.6 Å². The zero-order chi connectivity index (χ0) is 21.2. The van der Waals surface area contributed by atoms with Crippen LogP contribution in [0.2, 0.25) is 10.0 Å². The third kappa shape index (κ3) is 5.10. The van der Waals surface area contributed by atoms with Gasteiger partial charge in [-0.3, -0.25) is 9.69 Å². The second-order valence-corrected chi connectivity index (χ2v) is 10.1. The smallest absolute Gasteiger partial charge is 0.253 e. The Labute approximate surface area is 181 Å². The molecule has 1 amide bonds. The quantitative estimate of drug-likeness (QED) is 0.694. The highest BCUT2D eigenvalue weighted by atomic mass is 35.5. The van der Waals surface area contributed by atoms with Gasteiger partial charge >= 0.3 is 0 Å². The van der Waals surface area contributed by atoms with Gasteiger partial charge in [0.2, 0.25) is 10.0 Å². The predicted molar refractivity (Wildman–Crippen MR) is 115 cm³/mol. The molecule has 0 N–H and O–H groups in total. The molecule has 156 valence electrons. The highest BCUT2D eigenvalue weighted by Gasteiger charge is 2.26. The van der Waals surface area contributed by atoms with E-state index in [2.05, 4.69) is 4.90 Å². The lowest BCUT2D eigenvalue weighted by Gasteiger charge is -2.35. The molecule has 2 aromatic rings. The predicted octanol–water partition coefficient (Wildman–Crippen LogP) is 3.20. The molecule has 1 fully saturated rings. The van der Waals surface area contributed by atoms with Crippen LogP contribution in [0.4, 0.5) is 0 Å². The molecule has 0 spiro atoms. The molecule has 1 aliphatic heterocycles. The van der Waals surface area contributed by atoms with Crippen molar-refractivity contribution >= 4 is 39.1 Å². The molecule has 29 heavy (non-hydrogen) atoms. The van der Waals surface area contributed by atoms with Gasteiger partial charge in [0.1, 0.15) is 4.90 Å². The summed E-state index contributed by atoms with van der Waals surface area (Å²) in [4.78, 5) is 16.9. The maximum Gasteiger partial charge on any atom is 0.253 e. The average molecular weight is 456 g/mol. The number of carbonyl (C=O) groups is 1. The Hall–Kier alpha value is -1.64. The van der Waals surface area contributed by atoms with Crippen LogP contribution in [0.5, 0.6) is 0 Å². The summed E-state index contributed by atoms with van der Waals surface area (Å²) in [6.45, 7) is 3.43. The van der Waals surface area contributed by atoms with Gasteiger partial charge in [-0.25, -0.2) is 12.7 Å². The molecule has 1 aliphatic rings. The summed E-state index contributed by atoms with van der Waals surface area (Å²) >= 11 is 12.0. The number of piperazine rings is 1. The number of nitrogens with zero attached hydrogens (tertiary/aromatic N) is 3. The maximum atomic E-state index is 12.9. The molecule has 6 nitrogen and oxygen atoms in total. The summed E-state index contributed by atoms with van der Waals surface area (Å²) in [5.41, 5.74) is 1.49. The third-order valence-corrected chi connectivity index (χ3v) is 7.46. The minimum absolute atomic E-state index is 0.0589. The van der Waals surface area contributed by atoms with Gasteiger partial charge in [0.15, 0.2) is 0 Å².